The van der Waals surface area contributed by atoms with Crippen LogP contribution in [0, 0.1) is 18.3 Å². The lowest BCUT2D eigenvalue weighted by atomic mass is 9.80. The smallest absolute Gasteiger partial charge is 0.316 e. The van der Waals surface area contributed by atoms with Crippen LogP contribution in [0.25, 0.3) is 0 Å². The molecular formula is C14H21NO4. The molecule has 2 unspecified atom stereocenters. The molecule has 0 saturated carbocycles. The van der Waals surface area contributed by atoms with Crippen LogP contribution in [0.2, 0.25) is 0 Å². The molecule has 0 radical (unpaired) electrons. The Bertz CT molecular complexity index is 470. The zero-order valence-corrected chi connectivity index (χ0v) is 12.0. The third-order valence-electron chi connectivity index (χ3n) is 2.92. The van der Waals surface area contributed by atoms with E-state index in [2.05, 4.69) is 5.32 Å². The standard InChI is InChI=1S/C14H21NO4/c1-8-6-7-10(19-8)9(2)15-12(16)11(13(17)18)14(3,4)5/h6-7,9,11H,1-5H3,(H,15,16)(H,17,18). The van der Waals surface area contributed by atoms with Gasteiger partial charge in [-0.15, -0.1) is 0 Å². The predicted octanol–water partition coefficient (Wildman–Crippen LogP) is 2.51. The van der Waals surface area contributed by atoms with E-state index in [0.717, 1.165) is 5.76 Å². The van der Waals surface area contributed by atoms with Gasteiger partial charge in [-0.2, -0.15) is 0 Å². The maximum atomic E-state index is 12.1. The van der Waals surface area contributed by atoms with Crippen LogP contribution in [0.5, 0.6) is 0 Å². The van der Waals surface area contributed by atoms with Crippen molar-refractivity contribution in [3.05, 3.63) is 23.7 Å². The lowest BCUT2D eigenvalue weighted by molar-refractivity contribution is -0.151. The van der Waals surface area contributed by atoms with Gasteiger partial charge in [0.05, 0.1) is 6.04 Å². The summed E-state index contributed by atoms with van der Waals surface area (Å²) >= 11 is 0. The Morgan fingerprint density at radius 1 is 1.32 bits per heavy atom. The van der Waals surface area contributed by atoms with Crippen molar-refractivity contribution >= 4 is 11.9 Å². The average molecular weight is 267 g/mol. The number of amides is 1. The van der Waals surface area contributed by atoms with Gasteiger partial charge in [-0.05, 0) is 31.4 Å². The lowest BCUT2D eigenvalue weighted by Crippen LogP contribution is -2.43. The molecule has 0 saturated heterocycles. The maximum Gasteiger partial charge on any atom is 0.316 e. The zero-order chi connectivity index (χ0) is 14.8. The van der Waals surface area contributed by atoms with Gasteiger partial charge in [-0.25, -0.2) is 0 Å². The number of nitrogens with one attached hydrogen (secondary N) is 1. The normalized spacial score (nSPS) is 14.8. The van der Waals surface area contributed by atoms with Gasteiger partial charge in [-0.1, -0.05) is 20.8 Å². The summed E-state index contributed by atoms with van der Waals surface area (Å²) < 4.78 is 5.41. The SMILES string of the molecule is Cc1ccc(C(C)NC(=O)C(C(=O)O)C(C)(C)C)o1. The Hall–Kier alpha value is -1.78. The summed E-state index contributed by atoms with van der Waals surface area (Å²) in [7, 11) is 0. The number of hydrogen-bond acceptors (Lipinski definition) is 3. The molecule has 5 heteroatoms. The van der Waals surface area contributed by atoms with Crippen LogP contribution >= 0.6 is 0 Å². The van der Waals surface area contributed by atoms with Gasteiger partial charge in [0.2, 0.25) is 5.91 Å². The number of carboxylic acids is 1. The molecule has 1 aromatic rings. The van der Waals surface area contributed by atoms with E-state index in [9.17, 15) is 14.7 Å². The van der Waals surface area contributed by atoms with Crippen molar-refractivity contribution in [2.24, 2.45) is 11.3 Å². The van der Waals surface area contributed by atoms with E-state index < -0.39 is 23.2 Å². The molecule has 19 heavy (non-hydrogen) atoms. The van der Waals surface area contributed by atoms with Gasteiger partial charge in [-0.3, -0.25) is 9.59 Å². The summed E-state index contributed by atoms with van der Waals surface area (Å²) in [6, 6.07) is 3.22. The summed E-state index contributed by atoms with van der Waals surface area (Å²) in [5, 5.41) is 11.9. The zero-order valence-electron chi connectivity index (χ0n) is 12.0. The second kappa shape index (κ2) is 5.47. The van der Waals surface area contributed by atoms with Gasteiger partial charge < -0.3 is 14.8 Å². The van der Waals surface area contributed by atoms with E-state index in [0.29, 0.717) is 5.76 Å². The highest BCUT2D eigenvalue weighted by Crippen LogP contribution is 2.27. The van der Waals surface area contributed by atoms with Gasteiger partial charge in [0.15, 0.2) is 0 Å². The summed E-state index contributed by atoms with van der Waals surface area (Å²) in [5.41, 5.74) is -0.644. The first-order valence-electron chi connectivity index (χ1n) is 6.22. The number of carbonyl (C=O) groups is 2. The van der Waals surface area contributed by atoms with E-state index in [1.807, 2.05) is 6.92 Å². The van der Waals surface area contributed by atoms with Crippen LogP contribution in [-0.4, -0.2) is 17.0 Å². The largest absolute Gasteiger partial charge is 0.481 e. The van der Waals surface area contributed by atoms with Gasteiger partial charge in [0.1, 0.15) is 17.4 Å². The number of furan rings is 1. The van der Waals surface area contributed by atoms with Crippen molar-refractivity contribution in [3.63, 3.8) is 0 Å². The van der Waals surface area contributed by atoms with Crippen LogP contribution in [0.3, 0.4) is 0 Å². The van der Waals surface area contributed by atoms with Crippen LogP contribution in [0.1, 0.15) is 45.3 Å². The summed E-state index contributed by atoms with van der Waals surface area (Å²) in [4.78, 5) is 23.3. The molecular weight excluding hydrogens is 246 g/mol. The molecule has 2 N–H and O–H groups in total. The van der Waals surface area contributed by atoms with E-state index in [4.69, 9.17) is 4.42 Å². The highest BCUT2D eigenvalue weighted by molar-refractivity contribution is 5.97. The lowest BCUT2D eigenvalue weighted by Gasteiger charge is -2.27. The van der Waals surface area contributed by atoms with Crippen LogP contribution in [-0.2, 0) is 9.59 Å². The molecule has 0 bridgehead atoms. The van der Waals surface area contributed by atoms with E-state index in [1.54, 1.807) is 39.8 Å². The van der Waals surface area contributed by atoms with Crippen molar-refractivity contribution in [1.82, 2.24) is 5.32 Å². The van der Waals surface area contributed by atoms with Crippen LogP contribution in [0.4, 0.5) is 0 Å². The van der Waals surface area contributed by atoms with Gasteiger partial charge >= 0.3 is 5.97 Å². The summed E-state index contributed by atoms with van der Waals surface area (Å²) in [6.07, 6.45) is 0. The minimum Gasteiger partial charge on any atom is -0.481 e. The number of aryl methyl sites for hydroxylation is 1. The molecule has 2 atom stereocenters. The molecule has 0 spiro atoms. The first kappa shape index (κ1) is 15.3. The second-order valence-corrected chi connectivity index (χ2v) is 5.82. The first-order chi connectivity index (χ1) is 8.62. The summed E-state index contributed by atoms with van der Waals surface area (Å²) in [6.45, 7) is 8.76. The first-order valence-corrected chi connectivity index (χ1v) is 6.22. The number of aliphatic carboxylic acids is 1. The van der Waals surface area contributed by atoms with Gasteiger partial charge in [0, 0.05) is 0 Å². The van der Waals surface area contributed by atoms with Crippen LogP contribution < -0.4 is 5.32 Å². The molecule has 1 amide bonds. The molecule has 106 valence electrons. The van der Waals surface area contributed by atoms with Crippen LogP contribution in [0.15, 0.2) is 16.5 Å². The second-order valence-electron chi connectivity index (χ2n) is 5.82. The minimum absolute atomic E-state index is 0.356. The fourth-order valence-corrected chi connectivity index (χ4v) is 1.93. The third kappa shape index (κ3) is 3.84. The number of carbonyl (C=O) groups excluding carboxylic acids is 1. The molecule has 5 nitrogen and oxygen atoms in total. The van der Waals surface area contributed by atoms with Crippen molar-refractivity contribution in [2.45, 2.75) is 40.7 Å². The quantitative estimate of drug-likeness (QED) is 0.821. The Balaban J connectivity index is 2.80. The molecule has 0 aromatic carbocycles. The molecule has 0 aliphatic carbocycles. The minimum atomic E-state index is -1.12. The Labute approximate surface area is 113 Å². The highest BCUT2D eigenvalue weighted by atomic mass is 16.4. The van der Waals surface area contributed by atoms with E-state index in [-0.39, 0.29) is 6.04 Å². The van der Waals surface area contributed by atoms with E-state index in [1.165, 1.54) is 0 Å². The Kier molecular flexibility index (Phi) is 4.39. The number of hydrogen-bond donors (Lipinski definition) is 2. The molecule has 0 fully saturated rings. The van der Waals surface area contributed by atoms with Gasteiger partial charge in [0.25, 0.3) is 0 Å². The van der Waals surface area contributed by atoms with Crippen molar-refractivity contribution in [1.29, 1.82) is 0 Å². The topological polar surface area (TPSA) is 79.5 Å². The van der Waals surface area contributed by atoms with E-state index >= 15 is 0 Å². The molecule has 0 aliphatic rings. The average Bonchev–Trinajstić information content (AvgIpc) is 2.61. The predicted molar refractivity (Wildman–Crippen MR) is 70.6 cm³/mol. The van der Waals surface area contributed by atoms with Crippen molar-refractivity contribution in [2.75, 3.05) is 0 Å². The molecule has 1 aromatic heterocycles. The maximum absolute atomic E-state index is 12.1. The summed E-state index contributed by atoms with van der Waals surface area (Å²) in [5.74, 6) is -1.34. The van der Waals surface area contributed by atoms with Crippen molar-refractivity contribution < 1.29 is 19.1 Å². The highest BCUT2D eigenvalue weighted by Gasteiger charge is 2.38. The Morgan fingerprint density at radius 2 is 1.89 bits per heavy atom. The molecule has 1 heterocycles. The fraction of sp³-hybridized carbons (Fsp3) is 0.571. The molecule has 0 aliphatic heterocycles. The third-order valence-corrected chi connectivity index (χ3v) is 2.92. The monoisotopic (exact) mass is 267 g/mol. The Morgan fingerprint density at radius 3 is 2.26 bits per heavy atom. The number of carboxylic acid groups (broad SMARTS) is 1. The van der Waals surface area contributed by atoms with Crippen molar-refractivity contribution in [3.8, 4) is 0 Å². The fourth-order valence-electron chi connectivity index (χ4n) is 1.93. The number of rotatable bonds is 4. The molecule has 1 rings (SSSR count).